The second-order valence-corrected chi connectivity index (χ2v) is 7.25. The maximum Gasteiger partial charge on any atom is 0.254 e. The second kappa shape index (κ2) is 9.55. The zero-order valence-electron chi connectivity index (χ0n) is 16.6. The van der Waals surface area contributed by atoms with Crippen LogP contribution in [0.3, 0.4) is 0 Å². The quantitative estimate of drug-likeness (QED) is 0.794. The summed E-state index contributed by atoms with van der Waals surface area (Å²) in [4.78, 5) is 18.9. The zero-order valence-corrected chi connectivity index (χ0v) is 16.6. The predicted molar refractivity (Wildman–Crippen MR) is 108 cm³/mol. The Morgan fingerprint density at radius 3 is 2.75 bits per heavy atom. The van der Waals surface area contributed by atoms with Gasteiger partial charge in [-0.2, -0.15) is 0 Å². The Kier molecular flexibility index (Phi) is 6.87. The van der Waals surface area contributed by atoms with Gasteiger partial charge in [0.2, 0.25) is 0 Å². The smallest absolute Gasteiger partial charge is 0.254 e. The van der Waals surface area contributed by atoms with Crippen LogP contribution in [0.2, 0.25) is 0 Å². The van der Waals surface area contributed by atoms with E-state index in [-0.39, 0.29) is 11.9 Å². The molecule has 2 N–H and O–H groups in total. The van der Waals surface area contributed by atoms with Gasteiger partial charge in [-0.3, -0.25) is 9.78 Å². The number of pyridine rings is 1. The van der Waals surface area contributed by atoms with Crippen molar-refractivity contribution in [2.45, 2.75) is 39.3 Å². The number of hydrogen-bond donors (Lipinski definition) is 1. The minimum absolute atomic E-state index is 0.0204. The molecule has 0 radical (unpaired) electrons. The Labute approximate surface area is 166 Å². The van der Waals surface area contributed by atoms with Gasteiger partial charge in [0.05, 0.1) is 6.61 Å². The number of piperidine rings is 1. The summed E-state index contributed by atoms with van der Waals surface area (Å²) in [6.45, 7) is 6.32. The van der Waals surface area contributed by atoms with Crippen LogP contribution in [0.4, 0.5) is 0 Å². The molecule has 150 valence electrons. The van der Waals surface area contributed by atoms with Crippen LogP contribution in [0.5, 0.6) is 11.5 Å². The van der Waals surface area contributed by atoms with Gasteiger partial charge < -0.3 is 20.1 Å². The molecular weight excluding hydrogens is 354 g/mol. The minimum atomic E-state index is 0.0204. The Morgan fingerprint density at radius 1 is 1.25 bits per heavy atom. The van der Waals surface area contributed by atoms with Crippen molar-refractivity contribution in [1.82, 2.24) is 9.88 Å². The van der Waals surface area contributed by atoms with Gasteiger partial charge in [-0.05, 0) is 68.5 Å². The predicted octanol–water partition coefficient (Wildman–Crippen LogP) is 3.26. The Hall–Kier alpha value is -2.60. The molecule has 6 heteroatoms. The summed E-state index contributed by atoms with van der Waals surface area (Å²) in [5.41, 5.74) is 7.69. The number of amides is 1. The van der Waals surface area contributed by atoms with E-state index < -0.39 is 0 Å². The summed E-state index contributed by atoms with van der Waals surface area (Å²) in [5.74, 6) is 1.59. The van der Waals surface area contributed by atoms with Gasteiger partial charge in [-0.15, -0.1) is 0 Å². The summed E-state index contributed by atoms with van der Waals surface area (Å²) in [6, 6.07) is 9.31. The van der Waals surface area contributed by atoms with Crippen LogP contribution in [-0.2, 0) is 6.61 Å². The Balaban J connectivity index is 1.73. The highest BCUT2D eigenvalue weighted by Crippen LogP contribution is 2.30. The fourth-order valence-corrected chi connectivity index (χ4v) is 3.47. The third-order valence-corrected chi connectivity index (χ3v) is 5.12. The number of aromatic nitrogens is 1. The molecule has 1 fully saturated rings. The van der Waals surface area contributed by atoms with E-state index in [1.165, 1.54) is 0 Å². The normalized spacial score (nSPS) is 17.8. The highest BCUT2D eigenvalue weighted by molar-refractivity contribution is 5.95. The molecule has 28 heavy (non-hydrogen) atoms. The average molecular weight is 383 g/mol. The number of nitrogens with two attached hydrogens (primary N) is 1. The maximum absolute atomic E-state index is 13.0. The van der Waals surface area contributed by atoms with Gasteiger partial charge >= 0.3 is 0 Å². The molecule has 0 saturated carbocycles. The lowest BCUT2D eigenvalue weighted by Gasteiger charge is -2.34. The van der Waals surface area contributed by atoms with Gasteiger partial charge in [0.15, 0.2) is 11.5 Å². The van der Waals surface area contributed by atoms with Crippen molar-refractivity contribution in [3.8, 4) is 11.5 Å². The molecular formula is C22H29N3O3. The standard InChI is InChI=1S/C22H29N3O3/c1-3-27-21-13-18(22(26)25-12-4-5-19(14-25)16(2)23)6-7-20(21)28-15-17-8-10-24-11-9-17/h6-11,13,16,19H,3-5,12,14-15,23H2,1-2H3/t16-,19+/m1/s1. The third kappa shape index (κ3) is 5.01. The van der Waals surface area contributed by atoms with E-state index in [0.29, 0.717) is 42.7 Å². The van der Waals surface area contributed by atoms with Crippen LogP contribution in [0, 0.1) is 5.92 Å². The topological polar surface area (TPSA) is 77.7 Å². The summed E-state index contributed by atoms with van der Waals surface area (Å²) in [6.07, 6.45) is 5.53. The van der Waals surface area contributed by atoms with Crippen molar-refractivity contribution >= 4 is 5.91 Å². The lowest BCUT2D eigenvalue weighted by molar-refractivity contribution is 0.0660. The minimum Gasteiger partial charge on any atom is -0.490 e. The van der Waals surface area contributed by atoms with Crippen molar-refractivity contribution in [2.75, 3.05) is 19.7 Å². The molecule has 1 saturated heterocycles. The third-order valence-electron chi connectivity index (χ3n) is 5.12. The van der Waals surface area contributed by atoms with Crippen LogP contribution in [0.1, 0.15) is 42.6 Å². The fraction of sp³-hybridized carbons (Fsp3) is 0.455. The largest absolute Gasteiger partial charge is 0.490 e. The van der Waals surface area contributed by atoms with Gasteiger partial charge in [-0.25, -0.2) is 0 Å². The first-order valence-electron chi connectivity index (χ1n) is 9.92. The monoisotopic (exact) mass is 383 g/mol. The lowest BCUT2D eigenvalue weighted by Crippen LogP contribution is -2.45. The van der Waals surface area contributed by atoms with Gasteiger partial charge in [0.1, 0.15) is 6.61 Å². The molecule has 3 rings (SSSR count). The van der Waals surface area contributed by atoms with Crippen molar-refractivity contribution in [3.63, 3.8) is 0 Å². The summed E-state index contributed by atoms with van der Waals surface area (Å²) < 4.78 is 11.6. The molecule has 0 unspecified atom stereocenters. The molecule has 2 heterocycles. The lowest BCUT2D eigenvalue weighted by atomic mass is 9.92. The van der Waals surface area contributed by atoms with Crippen LogP contribution in [0.25, 0.3) is 0 Å². The molecule has 1 aromatic heterocycles. The number of hydrogen-bond acceptors (Lipinski definition) is 5. The van der Waals surface area contributed by atoms with Gasteiger partial charge in [-0.1, -0.05) is 0 Å². The fourth-order valence-electron chi connectivity index (χ4n) is 3.47. The summed E-state index contributed by atoms with van der Waals surface area (Å²) in [5, 5.41) is 0. The molecule has 1 amide bonds. The van der Waals surface area contributed by atoms with Crippen molar-refractivity contribution in [1.29, 1.82) is 0 Å². The molecule has 6 nitrogen and oxygen atoms in total. The highest BCUT2D eigenvalue weighted by Gasteiger charge is 2.27. The number of carbonyl (C=O) groups is 1. The van der Waals surface area contributed by atoms with Crippen LogP contribution < -0.4 is 15.2 Å². The van der Waals surface area contributed by atoms with E-state index in [2.05, 4.69) is 4.98 Å². The van der Waals surface area contributed by atoms with E-state index in [0.717, 1.165) is 24.9 Å². The van der Waals surface area contributed by atoms with Crippen LogP contribution >= 0.6 is 0 Å². The molecule has 1 aromatic carbocycles. The SMILES string of the molecule is CCOc1cc(C(=O)N2CCC[C@H]([C@@H](C)N)C2)ccc1OCc1ccncc1. The number of likely N-dealkylation sites (tertiary alicyclic amines) is 1. The van der Waals surface area contributed by atoms with Crippen molar-refractivity contribution < 1.29 is 14.3 Å². The molecule has 1 aliphatic heterocycles. The Morgan fingerprint density at radius 2 is 2.04 bits per heavy atom. The van der Waals surface area contributed by atoms with Crippen LogP contribution in [0.15, 0.2) is 42.7 Å². The number of nitrogens with zero attached hydrogens (tertiary/aromatic N) is 2. The average Bonchev–Trinajstić information content (AvgIpc) is 2.73. The van der Waals surface area contributed by atoms with Crippen LogP contribution in [-0.4, -0.2) is 41.5 Å². The van der Waals surface area contributed by atoms with E-state index >= 15 is 0 Å². The first-order chi connectivity index (χ1) is 13.6. The molecule has 0 spiro atoms. The van der Waals surface area contributed by atoms with Gasteiger partial charge in [0.25, 0.3) is 5.91 Å². The van der Waals surface area contributed by atoms with E-state index in [1.54, 1.807) is 18.5 Å². The number of benzene rings is 1. The van der Waals surface area contributed by atoms with E-state index in [9.17, 15) is 4.79 Å². The Bertz CT molecular complexity index is 780. The number of carbonyl (C=O) groups excluding carboxylic acids is 1. The summed E-state index contributed by atoms with van der Waals surface area (Å²) in [7, 11) is 0. The van der Waals surface area contributed by atoms with E-state index in [1.807, 2.05) is 43.0 Å². The molecule has 1 aliphatic rings. The molecule has 0 bridgehead atoms. The molecule has 2 atom stereocenters. The molecule has 0 aliphatic carbocycles. The second-order valence-electron chi connectivity index (χ2n) is 7.25. The maximum atomic E-state index is 13.0. The van der Waals surface area contributed by atoms with Gasteiger partial charge in [0, 0.05) is 37.1 Å². The summed E-state index contributed by atoms with van der Waals surface area (Å²) >= 11 is 0. The first kappa shape index (κ1) is 20.1. The molecule has 2 aromatic rings. The number of ether oxygens (including phenoxy) is 2. The first-order valence-corrected chi connectivity index (χ1v) is 9.92. The highest BCUT2D eigenvalue weighted by atomic mass is 16.5. The zero-order chi connectivity index (χ0) is 19.9. The van der Waals surface area contributed by atoms with E-state index in [4.69, 9.17) is 15.2 Å². The van der Waals surface area contributed by atoms with Crippen molar-refractivity contribution in [2.24, 2.45) is 11.7 Å². The van der Waals surface area contributed by atoms with Crippen molar-refractivity contribution in [3.05, 3.63) is 53.9 Å². The number of rotatable bonds is 7.